The van der Waals surface area contributed by atoms with E-state index in [1.54, 1.807) is 12.1 Å². The van der Waals surface area contributed by atoms with E-state index in [1.807, 2.05) is 12.1 Å². The average Bonchev–Trinajstić information content (AvgIpc) is 2.82. The minimum absolute atomic E-state index is 0.0613. The highest BCUT2D eigenvalue weighted by Gasteiger charge is 2.16. The van der Waals surface area contributed by atoms with Gasteiger partial charge in [0.15, 0.2) is 5.75 Å². The standard InChI is InChI=1S/C12H9BrClNO3S/c13-12-4-2-9(19-12)7-18-11-3-1-8(6-14)5-10(11)15(16)17/h1-5H,6-7H2. The normalized spacial score (nSPS) is 10.4. The molecule has 2 rings (SSSR count). The fourth-order valence-corrected chi connectivity index (χ4v) is 3.05. The van der Waals surface area contributed by atoms with E-state index in [4.69, 9.17) is 16.3 Å². The molecule has 0 unspecified atom stereocenters. The number of alkyl halides is 1. The van der Waals surface area contributed by atoms with Crippen LogP contribution in [0.1, 0.15) is 10.4 Å². The molecule has 0 aliphatic carbocycles. The van der Waals surface area contributed by atoms with Crippen LogP contribution >= 0.6 is 38.9 Å². The van der Waals surface area contributed by atoms with Crippen LogP contribution in [0, 0.1) is 10.1 Å². The van der Waals surface area contributed by atoms with Gasteiger partial charge in [0.25, 0.3) is 0 Å². The summed E-state index contributed by atoms with van der Waals surface area (Å²) in [6.45, 7) is 0.303. The number of hydrogen-bond donors (Lipinski definition) is 0. The number of nitro groups is 1. The zero-order valence-electron chi connectivity index (χ0n) is 9.64. The largest absolute Gasteiger partial charge is 0.481 e. The molecule has 1 heterocycles. The molecule has 4 nitrogen and oxygen atoms in total. The average molecular weight is 363 g/mol. The molecule has 0 amide bonds. The van der Waals surface area contributed by atoms with Crippen LogP contribution in [0.15, 0.2) is 34.1 Å². The minimum atomic E-state index is -0.463. The Hall–Kier alpha value is -1.11. The van der Waals surface area contributed by atoms with Crippen molar-refractivity contribution >= 4 is 44.6 Å². The van der Waals surface area contributed by atoms with E-state index in [0.29, 0.717) is 12.2 Å². The van der Waals surface area contributed by atoms with Crippen molar-refractivity contribution in [3.63, 3.8) is 0 Å². The Morgan fingerprint density at radius 3 is 2.74 bits per heavy atom. The maximum atomic E-state index is 11.0. The van der Waals surface area contributed by atoms with Gasteiger partial charge in [-0.1, -0.05) is 6.07 Å². The fourth-order valence-electron chi connectivity index (χ4n) is 1.49. The van der Waals surface area contributed by atoms with Crippen molar-refractivity contribution in [2.75, 3.05) is 0 Å². The first kappa shape index (κ1) is 14.3. The Kier molecular flexibility index (Phi) is 4.79. The third-order valence-electron chi connectivity index (χ3n) is 2.37. The summed E-state index contributed by atoms with van der Waals surface area (Å²) in [5, 5.41) is 11.0. The maximum absolute atomic E-state index is 11.0. The molecule has 0 fully saturated rings. The zero-order chi connectivity index (χ0) is 13.8. The van der Waals surface area contributed by atoms with Crippen molar-refractivity contribution in [1.82, 2.24) is 0 Å². The SMILES string of the molecule is O=[N+]([O-])c1cc(CCl)ccc1OCc1ccc(Br)s1. The second kappa shape index (κ2) is 6.36. The zero-order valence-corrected chi connectivity index (χ0v) is 12.8. The lowest BCUT2D eigenvalue weighted by molar-refractivity contribution is -0.386. The van der Waals surface area contributed by atoms with E-state index in [9.17, 15) is 10.1 Å². The van der Waals surface area contributed by atoms with Crippen LogP contribution < -0.4 is 4.74 Å². The molecule has 2 aromatic rings. The van der Waals surface area contributed by atoms with Gasteiger partial charge in [-0.05, 0) is 39.7 Å². The second-order valence-corrected chi connectivity index (χ2v) is 6.50. The highest BCUT2D eigenvalue weighted by molar-refractivity contribution is 9.11. The molecule has 0 saturated carbocycles. The lowest BCUT2D eigenvalue weighted by Gasteiger charge is -2.06. The number of nitro benzene ring substituents is 1. The molecule has 1 aromatic heterocycles. The summed E-state index contributed by atoms with van der Waals surface area (Å²) in [5.74, 6) is 0.488. The molecule has 0 aliphatic rings. The summed E-state index contributed by atoms with van der Waals surface area (Å²) in [6.07, 6.45) is 0. The van der Waals surface area contributed by atoms with Gasteiger partial charge >= 0.3 is 5.69 Å². The van der Waals surface area contributed by atoms with Gasteiger partial charge in [-0.2, -0.15) is 0 Å². The van der Waals surface area contributed by atoms with E-state index < -0.39 is 4.92 Å². The van der Waals surface area contributed by atoms with E-state index in [2.05, 4.69) is 15.9 Å². The molecular formula is C12H9BrClNO3S. The first-order chi connectivity index (χ1) is 9.10. The molecule has 0 spiro atoms. The van der Waals surface area contributed by atoms with E-state index in [0.717, 1.165) is 8.66 Å². The summed E-state index contributed by atoms with van der Waals surface area (Å²) in [4.78, 5) is 11.5. The molecule has 0 bridgehead atoms. The summed E-state index contributed by atoms with van der Waals surface area (Å²) >= 11 is 10.5. The predicted octanol–water partition coefficient (Wildman–Crippen LogP) is 4.74. The number of benzene rings is 1. The first-order valence-electron chi connectivity index (χ1n) is 5.30. The van der Waals surface area contributed by atoms with Gasteiger partial charge in [0.1, 0.15) is 6.61 Å². The number of thiophene rings is 1. The molecule has 0 N–H and O–H groups in total. The second-order valence-electron chi connectivity index (χ2n) is 3.69. The van der Waals surface area contributed by atoms with Crippen LogP contribution in [0.25, 0.3) is 0 Å². The summed E-state index contributed by atoms with van der Waals surface area (Å²) in [6, 6.07) is 8.56. The van der Waals surface area contributed by atoms with Gasteiger partial charge in [0.05, 0.1) is 8.71 Å². The quantitative estimate of drug-likeness (QED) is 0.439. The third-order valence-corrected chi connectivity index (χ3v) is 4.28. The molecule has 0 saturated heterocycles. The molecule has 0 atom stereocenters. The van der Waals surface area contributed by atoms with Crippen LogP contribution in [0.2, 0.25) is 0 Å². The van der Waals surface area contributed by atoms with Crippen LogP contribution in [-0.2, 0) is 12.5 Å². The molecule has 1 aromatic carbocycles. The van der Waals surface area contributed by atoms with Crippen molar-refractivity contribution in [3.05, 3.63) is 54.7 Å². The number of ether oxygens (including phenoxy) is 1. The van der Waals surface area contributed by atoms with E-state index in [1.165, 1.54) is 17.4 Å². The molecule has 19 heavy (non-hydrogen) atoms. The van der Waals surface area contributed by atoms with Crippen molar-refractivity contribution in [1.29, 1.82) is 0 Å². The Balaban J connectivity index is 2.17. The minimum Gasteiger partial charge on any atom is -0.481 e. The number of hydrogen-bond acceptors (Lipinski definition) is 4. The van der Waals surface area contributed by atoms with Gasteiger partial charge in [-0.15, -0.1) is 22.9 Å². The van der Waals surface area contributed by atoms with Crippen molar-refractivity contribution < 1.29 is 9.66 Å². The topological polar surface area (TPSA) is 52.4 Å². The predicted molar refractivity (Wildman–Crippen MR) is 79.0 cm³/mol. The smallest absolute Gasteiger partial charge is 0.311 e. The maximum Gasteiger partial charge on any atom is 0.311 e. The van der Waals surface area contributed by atoms with Crippen molar-refractivity contribution in [2.45, 2.75) is 12.5 Å². The van der Waals surface area contributed by atoms with Crippen LogP contribution in [-0.4, -0.2) is 4.92 Å². The number of rotatable bonds is 5. The molecule has 7 heteroatoms. The molecule has 0 radical (unpaired) electrons. The van der Waals surface area contributed by atoms with Crippen molar-refractivity contribution in [3.8, 4) is 5.75 Å². The highest BCUT2D eigenvalue weighted by atomic mass is 79.9. The van der Waals surface area contributed by atoms with Gasteiger partial charge < -0.3 is 4.74 Å². The van der Waals surface area contributed by atoms with Gasteiger partial charge in [0.2, 0.25) is 0 Å². The van der Waals surface area contributed by atoms with Gasteiger partial charge in [-0.25, -0.2) is 0 Å². The van der Waals surface area contributed by atoms with Gasteiger partial charge in [0, 0.05) is 16.8 Å². The van der Waals surface area contributed by atoms with Gasteiger partial charge in [-0.3, -0.25) is 10.1 Å². The van der Waals surface area contributed by atoms with Crippen LogP contribution in [0.3, 0.4) is 0 Å². The summed E-state index contributed by atoms with van der Waals surface area (Å²) in [7, 11) is 0. The van der Waals surface area contributed by atoms with Crippen LogP contribution in [0.4, 0.5) is 5.69 Å². The Bertz CT molecular complexity index is 602. The Morgan fingerprint density at radius 2 is 2.16 bits per heavy atom. The van der Waals surface area contributed by atoms with E-state index in [-0.39, 0.29) is 17.3 Å². The first-order valence-corrected chi connectivity index (χ1v) is 7.45. The lowest BCUT2D eigenvalue weighted by Crippen LogP contribution is -1.98. The summed E-state index contributed by atoms with van der Waals surface area (Å²) in [5.41, 5.74) is 0.633. The summed E-state index contributed by atoms with van der Waals surface area (Å²) < 4.78 is 6.50. The Labute approximate surface area is 127 Å². The van der Waals surface area contributed by atoms with Crippen molar-refractivity contribution in [2.24, 2.45) is 0 Å². The number of halogens is 2. The highest BCUT2D eigenvalue weighted by Crippen LogP contribution is 2.30. The third kappa shape index (κ3) is 3.68. The fraction of sp³-hybridized carbons (Fsp3) is 0.167. The Morgan fingerprint density at radius 1 is 1.37 bits per heavy atom. The lowest BCUT2D eigenvalue weighted by atomic mass is 10.2. The molecular weight excluding hydrogens is 354 g/mol. The van der Waals surface area contributed by atoms with Crippen LogP contribution in [0.5, 0.6) is 5.75 Å². The number of nitrogens with zero attached hydrogens (tertiary/aromatic N) is 1. The van der Waals surface area contributed by atoms with E-state index >= 15 is 0 Å². The monoisotopic (exact) mass is 361 g/mol. The molecule has 100 valence electrons. The molecule has 0 aliphatic heterocycles.